The average molecular weight is 446 g/mol. The number of thioether (sulfide) groups is 1. The molecule has 11 heteroatoms. The molecule has 27 heavy (non-hydrogen) atoms. The van der Waals surface area contributed by atoms with Crippen molar-refractivity contribution in [1.29, 1.82) is 0 Å². The van der Waals surface area contributed by atoms with Crippen molar-refractivity contribution in [1.82, 2.24) is 4.31 Å². The van der Waals surface area contributed by atoms with Crippen LogP contribution in [0.3, 0.4) is 0 Å². The average Bonchev–Trinajstić information content (AvgIpc) is 3.35. The van der Waals surface area contributed by atoms with Crippen molar-refractivity contribution in [2.24, 2.45) is 4.40 Å². The van der Waals surface area contributed by atoms with Gasteiger partial charge in [-0.05, 0) is 48.7 Å². The summed E-state index contributed by atoms with van der Waals surface area (Å²) in [7, 11) is -7.35. The molecule has 0 bridgehead atoms. The standard InChI is InChI=1S/C16H19N3O4S4/c1-24-16(18-26(20,21)15-8-5-11-25-15)17-13-6-4-7-14(12-13)27(22,23)19-9-2-3-10-19/h4-8,11-12H,2-3,9-10H2,1H3,(H,17,18). The molecule has 1 aliphatic rings. The fourth-order valence-electron chi connectivity index (χ4n) is 2.61. The van der Waals surface area contributed by atoms with Gasteiger partial charge >= 0.3 is 0 Å². The fourth-order valence-corrected chi connectivity index (χ4v) is 6.80. The van der Waals surface area contributed by atoms with Crippen LogP contribution in [-0.2, 0) is 20.0 Å². The molecule has 7 nitrogen and oxygen atoms in total. The maximum Gasteiger partial charge on any atom is 0.294 e. The van der Waals surface area contributed by atoms with Crippen LogP contribution in [0, 0.1) is 0 Å². The minimum Gasteiger partial charge on any atom is -0.334 e. The number of rotatable bonds is 5. The number of amidine groups is 1. The van der Waals surface area contributed by atoms with Crippen molar-refractivity contribution in [3.63, 3.8) is 0 Å². The van der Waals surface area contributed by atoms with Gasteiger partial charge in [0.25, 0.3) is 10.0 Å². The molecular formula is C16H19N3O4S4. The number of hydrogen-bond donors (Lipinski definition) is 1. The van der Waals surface area contributed by atoms with Gasteiger partial charge in [-0.1, -0.05) is 23.9 Å². The molecule has 2 heterocycles. The van der Waals surface area contributed by atoms with Crippen molar-refractivity contribution in [2.45, 2.75) is 21.9 Å². The number of hydrogen-bond acceptors (Lipinski definition) is 6. The molecule has 2 aromatic rings. The Kier molecular flexibility index (Phi) is 6.26. The molecule has 0 spiro atoms. The molecule has 0 aliphatic carbocycles. The van der Waals surface area contributed by atoms with E-state index in [1.165, 1.54) is 22.5 Å². The number of anilines is 1. The third-order valence-electron chi connectivity index (χ3n) is 3.93. The van der Waals surface area contributed by atoms with Crippen molar-refractivity contribution in [3.05, 3.63) is 41.8 Å². The molecule has 0 unspecified atom stereocenters. The molecule has 1 aromatic heterocycles. The highest BCUT2D eigenvalue weighted by Crippen LogP contribution is 2.24. The highest BCUT2D eigenvalue weighted by atomic mass is 32.2. The third kappa shape index (κ3) is 4.72. The number of benzene rings is 1. The molecule has 1 aliphatic heterocycles. The van der Waals surface area contributed by atoms with Gasteiger partial charge in [0, 0.05) is 18.8 Å². The summed E-state index contributed by atoms with van der Waals surface area (Å²) in [6, 6.07) is 9.47. The number of nitrogens with zero attached hydrogens (tertiary/aromatic N) is 2. The Hall–Kier alpha value is -1.40. The van der Waals surface area contributed by atoms with Crippen LogP contribution in [0.2, 0.25) is 0 Å². The summed E-state index contributed by atoms with van der Waals surface area (Å²) >= 11 is 2.22. The first-order valence-corrected chi connectivity index (χ1v) is 13.1. The minimum absolute atomic E-state index is 0.154. The van der Waals surface area contributed by atoms with Crippen LogP contribution < -0.4 is 5.32 Å². The molecule has 3 rings (SSSR count). The first kappa shape index (κ1) is 20.3. The molecule has 1 saturated heterocycles. The summed E-state index contributed by atoms with van der Waals surface area (Å²) in [6.45, 7) is 1.05. The zero-order chi connectivity index (χ0) is 19.5. The Morgan fingerprint density at radius 3 is 2.52 bits per heavy atom. The monoisotopic (exact) mass is 445 g/mol. The van der Waals surface area contributed by atoms with E-state index in [9.17, 15) is 16.8 Å². The topological polar surface area (TPSA) is 95.9 Å². The largest absolute Gasteiger partial charge is 0.334 e. The quantitative estimate of drug-likeness (QED) is 0.561. The zero-order valence-electron chi connectivity index (χ0n) is 14.5. The van der Waals surface area contributed by atoms with Gasteiger partial charge in [0.1, 0.15) is 4.21 Å². The first-order valence-electron chi connectivity index (χ1n) is 8.13. The van der Waals surface area contributed by atoms with Crippen molar-refractivity contribution < 1.29 is 16.8 Å². The maximum absolute atomic E-state index is 12.7. The molecule has 1 N–H and O–H groups in total. The van der Waals surface area contributed by atoms with Crippen molar-refractivity contribution in [2.75, 3.05) is 24.7 Å². The Labute approximate surface area is 167 Å². The van der Waals surface area contributed by atoms with Gasteiger partial charge in [-0.15, -0.1) is 15.7 Å². The predicted octanol–water partition coefficient (Wildman–Crippen LogP) is 3.05. The fraction of sp³-hybridized carbons (Fsp3) is 0.312. The van der Waals surface area contributed by atoms with Crippen LogP contribution in [-0.4, -0.2) is 45.7 Å². The lowest BCUT2D eigenvalue weighted by Crippen LogP contribution is -2.27. The summed E-state index contributed by atoms with van der Waals surface area (Å²) in [5, 5.41) is 4.74. The Balaban J connectivity index is 1.85. The van der Waals surface area contributed by atoms with Crippen LogP contribution in [0.15, 0.2) is 55.3 Å². The van der Waals surface area contributed by atoms with E-state index in [-0.39, 0.29) is 14.3 Å². The van der Waals surface area contributed by atoms with Crippen LogP contribution in [0.5, 0.6) is 0 Å². The van der Waals surface area contributed by atoms with E-state index in [1.807, 2.05) is 0 Å². The second kappa shape index (κ2) is 8.31. The summed E-state index contributed by atoms with van der Waals surface area (Å²) in [4.78, 5) is 0.177. The molecule has 0 amide bonds. The maximum atomic E-state index is 12.7. The van der Waals surface area contributed by atoms with Crippen molar-refractivity contribution >= 4 is 54.0 Å². The van der Waals surface area contributed by atoms with Crippen LogP contribution >= 0.6 is 23.1 Å². The molecule has 146 valence electrons. The lowest BCUT2D eigenvalue weighted by molar-refractivity contribution is 0.477. The number of nitrogens with one attached hydrogen (secondary N) is 1. The lowest BCUT2D eigenvalue weighted by atomic mass is 10.3. The third-order valence-corrected chi connectivity index (χ3v) is 9.17. The summed E-state index contributed by atoms with van der Waals surface area (Å²) in [5.41, 5.74) is 0.463. The molecule has 0 atom stereocenters. The molecular weight excluding hydrogens is 426 g/mol. The van der Waals surface area contributed by atoms with Gasteiger partial charge in [-0.25, -0.2) is 8.42 Å². The SMILES string of the molecule is CSC(=NS(=O)(=O)c1cccs1)Nc1cccc(S(=O)(=O)N2CCCC2)c1. The van der Waals surface area contributed by atoms with Crippen LogP contribution in [0.25, 0.3) is 0 Å². The van der Waals surface area contributed by atoms with E-state index in [0.29, 0.717) is 18.8 Å². The van der Waals surface area contributed by atoms with Gasteiger partial charge in [-0.2, -0.15) is 12.7 Å². The van der Waals surface area contributed by atoms with E-state index in [1.54, 1.807) is 29.8 Å². The smallest absolute Gasteiger partial charge is 0.294 e. The first-order chi connectivity index (χ1) is 12.8. The Morgan fingerprint density at radius 2 is 1.89 bits per heavy atom. The van der Waals surface area contributed by atoms with Gasteiger partial charge in [0.05, 0.1) is 4.90 Å². The normalized spacial score (nSPS) is 16.6. The molecule has 1 aromatic carbocycles. The summed E-state index contributed by atoms with van der Waals surface area (Å²) in [5.74, 6) is 0. The Morgan fingerprint density at radius 1 is 1.15 bits per heavy atom. The molecule has 1 fully saturated rings. The highest BCUT2D eigenvalue weighted by Gasteiger charge is 2.27. The number of thiophene rings is 1. The van der Waals surface area contributed by atoms with Gasteiger partial charge in [0.2, 0.25) is 10.0 Å². The zero-order valence-corrected chi connectivity index (χ0v) is 17.8. The highest BCUT2D eigenvalue weighted by molar-refractivity contribution is 8.14. The van der Waals surface area contributed by atoms with E-state index in [4.69, 9.17) is 0 Å². The second-order valence-electron chi connectivity index (χ2n) is 5.77. The van der Waals surface area contributed by atoms with Gasteiger partial charge in [-0.3, -0.25) is 0 Å². The van der Waals surface area contributed by atoms with Crippen LogP contribution in [0.1, 0.15) is 12.8 Å². The van der Waals surface area contributed by atoms with Gasteiger partial charge < -0.3 is 5.32 Å². The summed E-state index contributed by atoms with van der Waals surface area (Å²) < 4.78 is 55.5. The van der Waals surface area contributed by atoms with E-state index >= 15 is 0 Å². The van der Waals surface area contributed by atoms with Crippen LogP contribution in [0.4, 0.5) is 5.69 Å². The van der Waals surface area contributed by atoms with Gasteiger partial charge in [0.15, 0.2) is 5.17 Å². The summed E-state index contributed by atoms with van der Waals surface area (Å²) in [6.07, 6.45) is 3.42. The predicted molar refractivity (Wildman–Crippen MR) is 111 cm³/mol. The lowest BCUT2D eigenvalue weighted by Gasteiger charge is -2.16. The number of sulfonamides is 2. The minimum atomic E-state index is -3.80. The molecule has 0 radical (unpaired) electrons. The van der Waals surface area contributed by atoms with Crippen molar-refractivity contribution in [3.8, 4) is 0 Å². The van der Waals surface area contributed by atoms with E-state index in [2.05, 4.69) is 9.71 Å². The second-order valence-corrected chi connectivity index (χ2v) is 11.3. The molecule has 0 saturated carbocycles. The van der Waals surface area contributed by atoms with E-state index < -0.39 is 20.0 Å². The Bertz CT molecular complexity index is 1030. The van der Waals surface area contributed by atoms with E-state index in [0.717, 1.165) is 35.9 Å².